The molecule has 250 valence electrons. The Morgan fingerprint density at radius 2 is 1.60 bits per heavy atom. The highest BCUT2D eigenvalue weighted by Crippen LogP contribution is 2.34. The van der Waals surface area contributed by atoms with Crippen molar-refractivity contribution in [2.24, 2.45) is 5.73 Å². The number of hydrogen-bond donors (Lipinski definition) is 6. The van der Waals surface area contributed by atoms with Crippen molar-refractivity contribution in [1.82, 2.24) is 9.80 Å². The number of fused-ring (bicyclic) bond motifs is 2. The number of carbonyl (C=O) groups is 6. The first-order valence-electron chi connectivity index (χ1n) is 14.4. The zero-order valence-corrected chi connectivity index (χ0v) is 25.3. The first kappa shape index (κ1) is 34.4. The number of carboxylic acid groups (broad SMARTS) is 3. The maximum Gasteiger partial charge on any atom is 0.343 e. The first-order valence-corrected chi connectivity index (χ1v) is 14.4. The van der Waals surface area contributed by atoms with E-state index in [0.29, 0.717) is 34.6 Å². The fraction of sp³-hybridized carbons (Fsp3) is 0.219. The van der Waals surface area contributed by atoms with Gasteiger partial charge in [-0.05, 0) is 66.4 Å². The topological polar surface area (TPSA) is 250 Å². The summed E-state index contributed by atoms with van der Waals surface area (Å²) in [6.45, 7) is -2.93. The number of nitrogens with zero attached hydrogens (tertiary/aromatic N) is 2. The number of hydrogen-bond acceptors (Lipinski definition) is 9. The number of amides is 2. The van der Waals surface area contributed by atoms with Gasteiger partial charge in [0, 0.05) is 12.2 Å². The molecule has 1 aliphatic heterocycles. The number of rotatable bonds is 11. The largest absolute Gasteiger partial charge is 0.489 e. The summed E-state index contributed by atoms with van der Waals surface area (Å²) >= 11 is 0. The van der Waals surface area contributed by atoms with Gasteiger partial charge in [-0.3, -0.25) is 24.6 Å². The van der Waals surface area contributed by atoms with Crippen LogP contribution in [0, 0.1) is 5.41 Å². The normalized spacial score (nSPS) is 12.2. The second-order valence-corrected chi connectivity index (χ2v) is 10.6. The molecule has 1 heterocycles. The summed E-state index contributed by atoms with van der Waals surface area (Å²) in [5.41, 5.74) is 6.70. The third kappa shape index (κ3) is 8.84. The molecular formula is C32H31N5O11. The van der Waals surface area contributed by atoms with Crippen LogP contribution in [0.25, 0.3) is 0 Å². The van der Waals surface area contributed by atoms with Crippen LogP contribution >= 0.6 is 0 Å². The summed E-state index contributed by atoms with van der Waals surface area (Å²) in [5, 5.41) is 38.4. The number of guanidine groups is 1. The number of para-hydroxylation sites is 1. The molecule has 0 radical (unpaired) electrons. The van der Waals surface area contributed by atoms with E-state index in [-0.39, 0.29) is 47.3 Å². The van der Waals surface area contributed by atoms with E-state index in [1.165, 1.54) is 48.5 Å². The van der Waals surface area contributed by atoms with Crippen molar-refractivity contribution in [3.63, 3.8) is 0 Å². The van der Waals surface area contributed by atoms with Crippen LogP contribution in [0.4, 0.5) is 5.69 Å². The Balaban J connectivity index is 1.62. The minimum Gasteiger partial charge on any atom is -0.489 e. The summed E-state index contributed by atoms with van der Waals surface area (Å²) in [5.74, 6) is -7.36. The van der Waals surface area contributed by atoms with Gasteiger partial charge in [-0.15, -0.1) is 0 Å². The number of carboxylic acids is 3. The second kappa shape index (κ2) is 15.2. The molecule has 0 fully saturated rings. The van der Waals surface area contributed by atoms with E-state index < -0.39 is 55.3 Å². The minimum atomic E-state index is -1.47. The Labute approximate surface area is 272 Å². The summed E-state index contributed by atoms with van der Waals surface area (Å²) < 4.78 is 11.5. The molecule has 0 saturated carbocycles. The number of ether oxygens (including phenoxy) is 2. The molecule has 0 aliphatic carbocycles. The van der Waals surface area contributed by atoms with Gasteiger partial charge in [-0.2, -0.15) is 0 Å². The molecule has 0 bridgehead atoms. The van der Waals surface area contributed by atoms with Crippen LogP contribution in [0.1, 0.15) is 48.6 Å². The molecule has 2 amide bonds. The fourth-order valence-corrected chi connectivity index (χ4v) is 4.95. The van der Waals surface area contributed by atoms with Crippen molar-refractivity contribution >= 4 is 47.3 Å². The lowest BCUT2D eigenvalue weighted by atomic mass is 10.0. The summed E-state index contributed by atoms with van der Waals surface area (Å²) in [6.07, 6.45) is 0.716. The fourth-order valence-electron chi connectivity index (χ4n) is 4.95. The lowest BCUT2D eigenvalue weighted by Crippen LogP contribution is -2.46. The highest BCUT2D eigenvalue weighted by atomic mass is 16.6. The van der Waals surface area contributed by atoms with Crippen LogP contribution in [-0.2, 0) is 27.3 Å². The molecule has 16 heteroatoms. The third-order valence-corrected chi connectivity index (χ3v) is 7.02. The molecule has 0 atom stereocenters. The molecule has 0 unspecified atom stereocenters. The zero-order chi connectivity index (χ0) is 35.0. The molecule has 0 saturated heterocycles. The van der Waals surface area contributed by atoms with Gasteiger partial charge in [0.2, 0.25) is 5.91 Å². The number of aromatic carboxylic acids is 1. The molecule has 7 N–H and O–H groups in total. The number of nitrogens with two attached hydrogens (primary N) is 1. The van der Waals surface area contributed by atoms with Crippen LogP contribution < -0.4 is 20.5 Å². The Morgan fingerprint density at radius 3 is 2.29 bits per heavy atom. The minimum absolute atomic E-state index is 0.0400. The predicted octanol–water partition coefficient (Wildman–Crippen LogP) is 1.87. The summed E-state index contributed by atoms with van der Waals surface area (Å²) in [4.78, 5) is 76.7. The zero-order valence-electron chi connectivity index (χ0n) is 25.3. The molecule has 48 heavy (non-hydrogen) atoms. The lowest BCUT2D eigenvalue weighted by molar-refractivity contribution is -0.146. The van der Waals surface area contributed by atoms with E-state index in [0.717, 1.165) is 4.90 Å². The van der Waals surface area contributed by atoms with Gasteiger partial charge in [0.1, 0.15) is 19.6 Å². The maximum atomic E-state index is 13.8. The number of esters is 1. The first-order chi connectivity index (χ1) is 22.8. The number of carbonyl (C=O) groups excluding carboxylic acids is 3. The van der Waals surface area contributed by atoms with Crippen LogP contribution in [0.5, 0.6) is 11.5 Å². The Bertz CT molecular complexity index is 1790. The molecule has 0 spiro atoms. The van der Waals surface area contributed by atoms with Crippen molar-refractivity contribution in [3.8, 4) is 11.5 Å². The molecular weight excluding hydrogens is 630 g/mol. The Hall–Kier alpha value is -6.45. The average molecular weight is 662 g/mol. The number of nitrogens with one attached hydrogen (secondary N) is 2. The van der Waals surface area contributed by atoms with Gasteiger partial charge < -0.3 is 45.6 Å². The predicted molar refractivity (Wildman–Crippen MR) is 167 cm³/mol. The molecule has 0 aromatic heterocycles. The van der Waals surface area contributed by atoms with E-state index in [9.17, 15) is 44.1 Å². The van der Waals surface area contributed by atoms with Crippen LogP contribution in [0.3, 0.4) is 0 Å². The van der Waals surface area contributed by atoms with E-state index in [1.54, 1.807) is 12.1 Å². The van der Waals surface area contributed by atoms with E-state index in [1.807, 2.05) is 0 Å². The van der Waals surface area contributed by atoms with Gasteiger partial charge in [-0.1, -0.05) is 18.2 Å². The second-order valence-electron chi connectivity index (χ2n) is 10.6. The lowest BCUT2D eigenvalue weighted by Gasteiger charge is -2.27. The standard InChI is InChI=1S/C32H31N5O11/c33-32(34)35-21-9-10-22-19(13-21)6-3-11-47-28-23(7-2-8-24(28)48-31(22)46)29(43)37(17-27(41)42)15-25(38)36(16-26(39)40)14-18-4-1-5-20(12-18)30(44)45/h1-2,4-5,7-10,12-13H,3,6,11,14-17H2,(H,39,40)(H,41,42)(H,44,45)(H4,33,34,35). The molecule has 3 aromatic rings. The molecule has 1 aliphatic rings. The van der Waals surface area contributed by atoms with Crippen LogP contribution in [-0.4, -0.2) is 93.0 Å². The Morgan fingerprint density at radius 1 is 0.896 bits per heavy atom. The van der Waals surface area contributed by atoms with Gasteiger partial charge in [0.05, 0.1) is 23.3 Å². The van der Waals surface area contributed by atoms with Crippen LogP contribution in [0.15, 0.2) is 60.7 Å². The summed E-state index contributed by atoms with van der Waals surface area (Å²) in [7, 11) is 0. The van der Waals surface area contributed by atoms with Crippen molar-refractivity contribution < 1.29 is 53.6 Å². The smallest absolute Gasteiger partial charge is 0.343 e. The highest BCUT2D eigenvalue weighted by Gasteiger charge is 2.30. The van der Waals surface area contributed by atoms with Crippen LogP contribution in [0.2, 0.25) is 0 Å². The van der Waals surface area contributed by atoms with E-state index >= 15 is 0 Å². The molecule has 3 aromatic carbocycles. The third-order valence-electron chi connectivity index (χ3n) is 7.02. The summed E-state index contributed by atoms with van der Waals surface area (Å²) in [6, 6.07) is 14.2. The molecule has 4 rings (SSSR count). The number of aliphatic carboxylic acids is 2. The number of benzene rings is 3. The van der Waals surface area contributed by atoms with Gasteiger partial charge in [0.15, 0.2) is 17.5 Å². The maximum absolute atomic E-state index is 13.8. The SMILES string of the molecule is N=C(N)Nc1ccc2c(c1)CCCOc1c(cccc1C(=O)N(CC(=O)O)CC(=O)N(CC(=O)O)Cc1cccc(C(=O)O)c1)OC2=O. The highest BCUT2D eigenvalue weighted by molar-refractivity contribution is 6.02. The quantitative estimate of drug-likeness (QED) is 0.0744. The van der Waals surface area contributed by atoms with Crippen molar-refractivity contribution in [2.45, 2.75) is 19.4 Å². The van der Waals surface area contributed by atoms with Crippen molar-refractivity contribution in [3.05, 3.63) is 88.5 Å². The van der Waals surface area contributed by atoms with Gasteiger partial charge >= 0.3 is 23.9 Å². The van der Waals surface area contributed by atoms with Gasteiger partial charge in [0.25, 0.3) is 5.91 Å². The van der Waals surface area contributed by atoms with Crippen molar-refractivity contribution in [2.75, 3.05) is 31.6 Å². The number of aryl methyl sites for hydroxylation is 1. The average Bonchev–Trinajstić information content (AvgIpc) is 3.01. The van der Waals surface area contributed by atoms with E-state index in [2.05, 4.69) is 5.32 Å². The number of anilines is 1. The molecule has 16 nitrogen and oxygen atoms in total. The monoisotopic (exact) mass is 661 g/mol. The van der Waals surface area contributed by atoms with Crippen molar-refractivity contribution in [1.29, 1.82) is 5.41 Å². The van der Waals surface area contributed by atoms with E-state index in [4.69, 9.17) is 20.6 Å². The Kier molecular flexibility index (Phi) is 10.9. The van der Waals surface area contributed by atoms with Gasteiger partial charge in [-0.25, -0.2) is 9.59 Å².